The third kappa shape index (κ3) is 6.08. The molecule has 1 saturated heterocycles. The van der Waals surface area contributed by atoms with Gasteiger partial charge in [-0.25, -0.2) is 0 Å². The number of amides is 2. The Bertz CT molecular complexity index is 774. The smallest absolute Gasteiger partial charge is 0.227 e. The molecule has 2 N–H and O–H groups in total. The number of hydrogen-bond acceptors (Lipinski definition) is 3. The van der Waals surface area contributed by atoms with Crippen molar-refractivity contribution in [3.63, 3.8) is 0 Å². The van der Waals surface area contributed by atoms with Gasteiger partial charge < -0.3 is 15.5 Å². The summed E-state index contributed by atoms with van der Waals surface area (Å²) in [6.07, 6.45) is 2.05. The van der Waals surface area contributed by atoms with E-state index >= 15 is 0 Å². The molecule has 1 fully saturated rings. The largest absolute Gasteiger partial charge is 0.326 e. The van der Waals surface area contributed by atoms with Crippen molar-refractivity contribution in [3.05, 3.63) is 59.6 Å². The van der Waals surface area contributed by atoms with Crippen LogP contribution < -0.4 is 10.6 Å². The molecular formula is C21H24ClN3O2. The van der Waals surface area contributed by atoms with E-state index in [1.54, 1.807) is 12.1 Å². The molecule has 3 rings (SSSR count). The lowest BCUT2D eigenvalue weighted by Gasteiger charge is -2.31. The summed E-state index contributed by atoms with van der Waals surface area (Å²) < 4.78 is 0. The second kappa shape index (κ2) is 9.53. The van der Waals surface area contributed by atoms with Crippen LogP contribution in [-0.2, 0) is 9.59 Å². The molecule has 2 aromatic rings. The predicted molar refractivity (Wildman–Crippen MR) is 109 cm³/mol. The van der Waals surface area contributed by atoms with Gasteiger partial charge in [-0.15, -0.1) is 0 Å². The molecule has 0 saturated carbocycles. The summed E-state index contributed by atoms with van der Waals surface area (Å²) >= 11 is 5.93. The number of likely N-dealkylation sites (tertiary alicyclic amines) is 1. The second-order valence-corrected chi connectivity index (χ2v) is 7.22. The minimum Gasteiger partial charge on any atom is -0.326 e. The molecule has 0 radical (unpaired) electrons. The first-order valence-electron chi connectivity index (χ1n) is 9.24. The highest BCUT2D eigenvalue weighted by molar-refractivity contribution is 6.30. The standard InChI is InChI=1S/C21H24ClN3O2/c22-17-5-4-8-19(15-17)23-20(26)11-14-25-12-9-16(10-13-25)21(27)24-18-6-2-1-3-7-18/h1-8,15-16H,9-14H2,(H,23,26)(H,24,27). The maximum Gasteiger partial charge on any atom is 0.227 e. The molecule has 0 aliphatic carbocycles. The van der Waals surface area contributed by atoms with Crippen LogP contribution in [0.5, 0.6) is 0 Å². The Morgan fingerprint density at radius 3 is 2.37 bits per heavy atom. The van der Waals surface area contributed by atoms with E-state index in [0.29, 0.717) is 23.7 Å². The van der Waals surface area contributed by atoms with E-state index in [1.807, 2.05) is 42.5 Å². The van der Waals surface area contributed by atoms with Gasteiger partial charge in [0.05, 0.1) is 0 Å². The Hall–Kier alpha value is -2.37. The van der Waals surface area contributed by atoms with Gasteiger partial charge in [0.2, 0.25) is 11.8 Å². The number of carbonyl (C=O) groups excluding carboxylic acids is 2. The summed E-state index contributed by atoms with van der Waals surface area (Å²) in [5.41, 5.74) is 1.55. The third-order valence-corrected chi connectivity index (χ3v) is 5.00. The fourth-order valence-corrected chi connectivity index (χ4v) is 3.42. The monoisotopic (exact) mass is 385 g/mol. The Morgan fingerprint density at radius 2 is 1.67 bits per heavy atom. The van der Waals surface area contributed by atoms with Crippen molar-refractivity contribution in [1.82, 2.24) is 4.90 Å². The Morgan fingerprint density at radius 1 is 0.963 bits per heavy atom. The van der Waals surface area contributed by atoms with Gasteiger partial charge in [0.1, 0.15) is 0 Å². The SMILES string of the molecule is O=C(CCN1CCC(C(=O)Nc2ccccc2)CC1)Nc1cccc(Cl)c1. The second-order valence-electron chi connectivity index (χ2n) is 6.78. The van der Waals surface area contributed by atoms with Gasteiger partial charge >= 0.3 is 0 Å². The average molecular weight is 386 g/mol. The fourth-order valence-electron chi connectivity index (χ4n) is 3.23. The van der Waals surface area contributed by atoms with Crippen LogP contribution in [0.1, 0.15) is 19.3 Å². The molecule has 142 valence electrons. The van der Waals surface area contributed by atoms with Gasteiger partial charge in [-0.2, -0.15) is 0 Å². The highest BCUT2D eigenvalue weighted by atomic mass is 35.5. The number of rotatable bonds is 6. The molecule has 2 amide bonds. The van der Waals surface area contributed by atoms with E-state index in [-0.39, 0.29) is 17.7 Å². The molecule has 6 heteroatoms. The van der Waals surface area contributed by atoms with Gasteiger partial charge in [0, 0.05) is 35.3 Å². The predicted octanol–water partition coefficient (Wildman–Crippen LogP) is 4.02. The van der Waals surface area contributed by atoms with Crippen LogP contribution in [-0.4, -0.2) is 36.3 Å². The molecule has 0 spiro atoms. The molecule has 0 atom stereocenters. The minimum absolute atomic E-state index is 0.0267. The van der Waals surface area contributed by atoms with Crippen molar-refractivity contribution >= 4 is 34.8 Å². The lowest BCUT2D eigenvalue weighted by Crippen LogP contribution is -2.39. The summed E-state index contributed by atoms with van der Waals surface area (Å²) in [4.78, 5) is 26.7. The normalized spacial score (nSPS) is 15.3. The summed E-state index contributed by atoms with van der Waals surface area (Å²) in [6.45, 7) is 2.36. The van der Waals surface area contributed by atoms with E-state index in [4.69, 9.17) is 11.6 Å². The first-order valence-corrected chi connectivity index (χ1v) is 9.61. The molecule has 27 heavy (non-hydrogen) atoms. The molecule has 0 aromatic heterocycles. The molecular weight excluding hydrogens is 362 g/mol. The first kappa shape index (κ1) is 19.4. The van der Waals surface area contributed by atoms with Crippen molar-refractivity contribution in [3.8, 4) is 0 Å². The van der Waals surface area contributed by atoms with E-state index in [9.17, 15) is 9.59 Å². The number of nitrogens with one attached hydrogen (secondary N) is 2. The van der Waals surface area contributed by atoms with Crippen LogP contribution in [0.15, 0.2) is 54.6 Å². The van der Waals surface area contributed by atoms with E-state index in [0.717, 1.165) is 31.6 Å². The number of piperidine rings is 1. The van der Waals surface area contributed by atoms with Gasteiger partial charge in [-0.05, 0) is 56.3 Å². The Kier molecular flexibility index (Phi) is 6.85. The highest BCUT2D eigenvalue weighted by Crippen LogP contribution is 2.20. The lowest BCUT2D eigenvalue weighted by molar-refractivity contribution is -0.121. The van der Waals surface area contributed by atoms with Crippen LogP contribution in [0, 0.1) is 5.92 Å². The van der Waals surface area contributed by atoms with Crippen molar-refractivity contribution < 1.29 is 9.59 Å². The third-order valence-electron chi connectivity index (χ3n) is 4.76. The van der Waals surface area contributed by atoms with Gasteiger partial charge in [-0.3, -0.25) is 9.59 Å². The van der Waals surface area contributed by atoms with Crippen LogP contribution in [0.2, 0.25) is 5.02 Å². The van der Waals surface area contributed by atoms with Crippen LogP contribution in [0.25, 0.3) is 0 Å². The molecule has 0 unspecified atom stereocenters. The average Bonchev–Trinajstić information content (AvgIpc) is 2.67. The molecule has 0 bridgehead atoms. The quantitative estimate of drug-likeness (QED) is 0.789. The number of benzene rings is 2. The number of anilines is 2. The minimum atomic E-state index is -0.0267. The summed E-state index contributed by atoms with van der Waals surface area (Å²) in [5.74, 6) is 0.0857. The lowest BCUT2D eigenvalue weighted by atomic mass is 9.95. The molecule has 1 aliphatic heterocycles. The number of para-hydroxylation sites is 1. The Labute approximate surface area is 164 Å². The Balaban J connectivity index is 1.38. The highest BCUT2D eigenvalue weighted by Gasteiger charge is 2.25. The number of carbonyl (C=O) groups is 2. The molecule has 1 heterocycles. The number of halogens is 1. The van der Waals surface area contributed by atoms with Crippen molar-refractivity contribution in [2.45, 2.75) is 19.3 Å². The summed E-state index contributed by atoms with van der Waals surface area (Å²) in [5, 5.41) is 6.44. The number of nitrogens with zero attached hydrogens (tertiary/aromatic N) is 1. The molecule has 2 aromatic carbocycles. The van der Waals surface area contributed by atoms with Crippen LogP contribution in [0.4, 0.5) is 11.4 Å². The zero-order valence-corrected chi connectivity index (χ0v) is 15.9. The zero-order valence-electron chi connectivity index (χ0n) is 15.2. The van der Waals surface area contributed by atoms with Gasteiger partial charge in [0.15, 0.2) is 0 Å². The first-order chi connectivity index (χ1) is 13.1. The summed E-state index contributed by atoms with van der Waals surface area (Å²) in [6, 6.07) is 16.7. The van der Waals surface area contributed by atoms with Crippen molar-refractivity contribution in [1.29, 1.82) is 0 Å². The van der Waals surface area contributed by atoms with Crippen molar-refractivity contribution in [2.75, 3.05) is 30.3 Å². The number of hydrogen-bond donors (Lipinski definition) is 2. The maximum absolute atomic E-state index is 12.4. The van der Waals surface area contributed by atoms with Gasteiger partial charge in [-0.1, -0.05) is 35.9 Å². The molecule has 5 nitrogen and oxygen atoms in total. The maximum atomic E-state index is 12.4. The van der Waals surface area contributed by atoms with Gasteiger partial charge in [0.25, 0.3) is 0 Å². The van der Waals surface area contributed by atoms with E-state index in [2.05, 4.69) is 15.5 Å². The van der Waals surface area contributed by atoms with Crippen LogP contribution >= 0.6 is 11.6 Å². The van der Waals surface area contributed by atoms with Crippen molar-refractivity contribution in [2.24, 2.45) is 5.92 Å². The van der Waals surface area contributed by atoms with E-state index in [1.165, 1.54) is 0 Å². The van der Waals surface area contributed by atoms with E-state index < -0.39 is 0 Å². The summed E-state index contributed by atoms with van der Waals surface area (Å²) in [7, 11) is 0. The fraction of sp³-hybridized carbons (Fsp3) is 0.333. The molecule has 1 aliphatic rings. The zero-order chi connectivity index (χ0) is 19.1. The topological polar surface area (TPSA) is 61.4 Å². The van der Waals surface area contributed by atoms with Crippen LogP contribution in [0.3, 0.4) is 0 Å².